The molecule has 0 aliphatic carbocycles. The molecule has 1 aromatic heterocycles. The SMILES string of the molecule is Cc1ccoc1C(=O)Nc1ccccc1C#CCCO. The van der Waals surface area contributed by atoms with E-state index in [4.69, 9.17) is 9.52 Å². The molecule has 0 spiro atoms. The number of rotatable bonds is 3. The molecule has 1 amide bonds. The number of aliphatic hydroxyl groups is 1. The molecule has 4 heteroatoms. The Bertz CT molecular complexity index is 662. The van der Waals surface area contributed by atoms with Gasteiger partial charge in [0.15, 0.2) is 5.76 Å². The zero-order valence-corrected chi connectivity index (χ0v) is 11.1. The van der Waals surface area contributed by atoms with E-state index in [1.165, 1.54) is 6.26 Å². The number of carbonyl (C=O) groups excluding carboxylic acids is 1. The highest BCUT2D eigenvalue weighted by atomic mass is 16.3. The predicted molar refractivity (Wildman–Crippen MR) is 76.4 cm³/mol. The summed E-state index contributed by atoms with van der Waals surface area (Å²) in [6.07, 6.45) is 1.89. The van der Waals surface area contributed by atoms with E-state index in [1.807, 2.05) is 25.1 Å². The van der Waals surface area contributed by atoms with Crippen LogP contribution >= 0.6 is 0 Å². The van der Waals surface area contributed by atoms with Gasteiger partial charge in [-0.3, -0.25) is 4.79 Å². The lowest BCUT2D eigenvalue weighted by Gasteiger charge is -2.06. The number of hydrogen-bond acceptors (Lipinski definition) is 3. The topological polar surface area (TPSA) is 62.5 Å². The number of nitrogens with one attached hydrogen (secondary N) is 1. The van der Waals surface area contributed by atoms with Crippen LogP contribution in [0.1, 0.15) is 28.1 Å². The summed E-state index contributed by atoms with van der Waals surface area (Å²) in [5, 5.41) is 11.5. The largest absolute Gasteiger partial charge is 0.459 e. The van der Waals surface area contributed by atoms with Crippen LogP contribution in [0.4, 0.5) is 5.69 Å². The summed E-state index contributed by atoms with van der Waals surface area (Å²) in [5.41, 5.74) is 2.11. The summed E-state index contributed by atoms with van der Waals surface area (Å²) in [7, 11) is 0. The van der Waals surface area contributed by atoms with E-state index < -0.39 is 0 Å². The number of para-hydroxylation sites is 1. The standard InChI is InChI=1S/C16H15NO3/c1-12-9-11-20-15(12)16(19)17-14-8-3-2-6-13(14)7-4-5-10-18/h2-3,6,8-9,11,18H,5,10H2,1H3,(H,17,19). The van der Waals surface area contributed by atoms with Gasteiger partial charge in [0.25, 0.3) is 5.91 Å². The fourth-order valence-corrected chi connectivity index (χ4v) is 1.70. The van der Waals surface area contributed by atoms with Crippen molar-refractivity contribution < 1.29 is 14.3 Å². The van der Waals surface area contributed by atoms with Crippen molar-refractivity contribution in [2.45, 2.75) is 13.3 Å². The first-order valence-corrected chi connectivity index (χ1v) is 6.26. The Morgan fingerprint density at radius 2 is 2.15 bits per heavy atom. The molecular weight excluding hydrogens is 254 g/mol. The molecule has 1 heterocycles. The van der Waals surface area contributed by atoms with Crippen molar-refractivity contribution in [2.24, 2.45) is 0 Å². The molecule has 0 bridgehead atoms. The molecule has 0 saturated carbocycles. The van der Waals surface area contributed by atoms with Gasteiger partial charge in [0.1, 0.15) is 0 Å². The Labute approximate surface area is 117 Å². The maximum absolute atomic E-state index is 12.1. The highest BCUT2D eigenvalue weighted by molar-refractivity contribution is 6.03. The molecule has 0 unspecified atom stereocenters. The molecule has 4 nitrogen and oxygen atoms in total. The first kappa shape index (κ1) is 13.9. The van der Waals surface area contributed by atoms with Gasteiger partial charge in [-0.2, -0.15) is 0 Å². The van der Waals surface area contributed by atoms with Crippen LogP contribution in [0.15, 0.2) is 41.0 Å². The lowest BCUT2D eigenvalue weighted by molar-refractivity contribution is 0.0996. The van der Waals surface area contributed by atoms with Gasteiger partial charge in [-0.1, -0.05) is 24.0 Å². The van der Waals surface area contributed by atoms with Crippen LogP contribution in [-0.2, 0) is 0 Å². The van der Waals surface area contributed by atoms with Gasteiger partial charge in [0.2, 0.25) is 0 Å². The summed E-state index contributed by atoms with van der Waals surface area (Å²) >= 11 is 0. The molecule has 20 heavy (non-hydrogen) atoms. The van der Waals surface area contributed by atoms with E-state index in [2.05, 4.69) is 17.2 Å². The van der Waals surface area contributed by atoms with Crippen LogP contribution in [0.5, 0.6) is 0 Å². The second-order valence-electron chi connectivity index (χ2n) is 4.21. The number of hydrogen-bond donors (Lipinski definition) is 2. The van der Waals surface area contributed by atoms with Gasteiger partial charge in [-0.25, -0.2) is 0 Å². The van der Waals surface area contributed by atoms with Gasteiger partial charge < -0.3 is 14.8 Å². The van der Waals surface area contributed by atoms with Crippen molar-refractivity contribution >= 4 is 11.6 Å². The Kier molecular flexibility index (Phi) is 4.59. The summed E-state index contributed by atoms with van der Waals surface area (Å²) in [6.45, 7) is 1.83. The third-order valence-electron chi connectivity index (χ3n) is 2.70. The number of anilines is 1. The van der Waals surface area contributed by atoms with Crippen LogP contribution in [0.3, 0.4) is 0 Å². The Morgan fingerprint density at radius 1 is 1.35 bits per heavy atom. The second-order valence-corrected chi connectivity index (χ2v) is 4.21. The van der Waals surface area contributed by atoms with E-state index in [9.17, 15) is 4.79 Å². The quantitative estimate of drug-likeness (QED) is 0.842. The van der Waals surface area contributed by atoms with Crippen LogP contribution in [0.25, 0.3) is 0 Å². The number of aliphatic hydroxyl groups excluding tert-OH is 1. The van der Waals surface area contributed by atoms with Crippen LogP contribution in [0, 0.1) is 18.8 Å². The third-order valence-corrected chi connectivity index (χ3v) is 2.70. The average Bonchev–Trinajstić information content (AvgIpc) is 2.87. The summed E-state index contributed by atoms with van der Waals surface area (Å²) in [6, 6.07) is 8.99. The van der Waals surface area contributed by atoms with Crippen molar-refractivity contribution in [3.05, 3.63) is 53.5 Å². The van der Waals surface area contributed by atoms with Gasteiger partial charge in [-0.05, 0) is 25.1 Å². The van der Waals surface area contributed by atoms with Gasteiger partial charge >= 0.3 is 0 Å². The molecule has 0 saturated heterocycles. The van der Waals surface area contributed by atoms with E-state index in [1.54, 1.807) is 12.1 Å². The number of aryl methyl sites for hydroxylation is 1. The fraction of sp³-hybridized carbons (Fsp3) is 0.188. The summed E-state index contributed by atoms with van der Waals surface area (Å²) < 4.78 is 5.16. The number of benzene rings is 1. The maximum atomic E-state index is 12.1. The zero-order chi connectivity index (χ0) is 14.4. The van der Waals surface area contributed by atoms with E-state index >= 15 is 0 Å². The Hall–Kier alpha value is -2.51. The monoisotopic (exact) mass is 269 g/mol. The predicted octanol–water partition coefficient (Wildman–Crippen LogP) is 2.57. The second kappa shape index (κ2) is 6.60. The Balaban J connectivity index is 2.20. The minimum Gasteiger partial charge on any atom is -0.459 e. The molecule has 0 radical (unpaired) electrons. The minimum atomic E-state index is -0.302. The number of amides is 1. The number of carbonyl (C=O) groups is 1. The molecule has 0 atom stereocenters. The van der Waals surface area contributed by atoms with Gasteiger partial charge in [0, 0.05) is 17.5 Å². The Morgan fingerprint density at radius 3 is 2.85 bits per heavy atom. The van der Waals surface area contributed by atoms with Gasteiger partial charge in [-0.15, -0.1) is 0 Å². The normalized spacial score (nSPS) is 9.70. The van der Waals surface area contributed by atoms with Crippen molar-refractivity contribution in [1.29, 1.82) is 0 Å². The molecule has 2 rings (SSSR count). The van der Waals surface area contributed by atoms with E-state index in [0.717, 1.165) is 5.56 Å². The van der Waals surface area contributed by atoms with Crippen molar-refractivity contribution in [3.8, 4) is 11.8 Å². The summed E-state index contributed by atoms with van der Waals surface area (Å²) in [5.74, 6) is 5.75. The first-order valence-electron chi connectivity index (χ1n) is 6.26. The smallest absolute Gasteiger partial charge is 0.291 e. The van der Waals surface area contributed by atoms with Gasteiger partial charge in [0.05, 0.1) is 18.6 Å². The van der Waals surface area contributed by atoms with E-state index in [-0.39, 0.29) is 12.5 Å². The molecule has 1 aromatic carbocycles. The van der Waals surface area contributed by atoms with Crippen molar-refractivity contribution in [1.82, 2.24) is 0 Å². The van der Waals surface area contributed by atoms with Crippen LogP contribution < -0.4 is 5.32 Å². The molecule has 2 N–H and O–H groups in total. The lowest BCUT2D eigenvalue weighted by atomic mass is 10.1. The van der Waals surface area contributed by atoms with Crippen LogP contribution in [-0.4, -0.2) is 17.6 Å². The molecular formula is C16H15NO3. The molecule has 2 aromatic rings. The average molecular weight is 269 g/mol. The van der Waals surface area contributed by atoms with Crippen molar-refractivity contribution in [2.75, 3.05) is 11.9 Å². The van der Waals surface area contributed by atoms with Crippen molar-refractivity contribution in [3.63, 3.8) is 0 Å². The zero-order valence-electron chi connectivity index (χ0n) is 11.1. The molecule has 0 aliphatic heterocycles. The lowest BCUT2D eigenvalue weighted by Crippen LogP contribution is -2.13. The molecule has 102 valence electrons. The summed E-state index contributed by atoms with van der Waals surface area (Å²) in [4.78, 5) is 12.1. The molecule has 0 fully saturated rings. The fourth-order valence-electron chi connectivity index (χ4n) is 1.70. The minimum absolute atomic E-state index is 0.0209. The molecule has 0 aliphatic rings. The highest BCUT2D eigenvalue weighted by Gasteiger charge is 2.13. The first-order chi connectivity index (χ1) is 9.72. The van der Waals surface area contributed by atoms with E-state index in [0.29, 0.717) is 23.4 Å². The highest BCUT2D eigenvalue weighted by Crippen LogP contribution is 2.17. The van der Waals surface area contributed by atoms with Crippen LogP contribution in [0.2, 0.25) is 0 Å². The third kappa shape index (κ3) is 3.28. The maximum Gasteiger partial charge on any atom is 0.291 e. The number of furan rings is 1.